The lowest BCUT2D eigenvalue weighted by Gasteiger charge is -2.46. The predicted molar refractivity (Wildman–Crippen MR) is 213 cm³/mol. The van der Waals surface area contributed by atoms with E-state index in [2.05, 4.69) is 141 Å². The van der Waals surface area contributed by atoms with E-state index in [0.717, 1.165) is 55.7 Å². The average molecular weight is 674 g/mol. The van der Waals surface area contributed by atoms with Gasteiger partial charge in [0.25, 0.3) is 0 Å². The van der Waals surface area contributed by atoms with E-state index in [4.69, 9.17) is 8.83 Å². The van der Waals surface area contributed by atoms with Crippen LogP contribution in [-0.4, -0.2) is 0 Å². The lowest BCUT2D eigenvalue weighted by atomic mass is 9.62. The highest BCUT2D eigenvalue weighted by Gasteiger charge is 2.47. The minimum absolute atomic E-state index is 0.0419. The molecule has 4 nitrogen and oxygen atoms in total. The maximum atomic E-state index is 14.2. The second-order valence-corrected chi connectivity index (χ2v) is 14.9. The molecule has 0 spiro atoms. The van der Waals surface area contributed by atoms with Crippen molar-refractivity contribution in [2.75, 3.05) is 4.90 Å². The standard InChI is InChI=1S/C48H35NO3/c1-47(2,3)32-22-24-35-44(26-32)52-43-25-23-33(27-37(43)46(35)50)49-40-20-12-11-19-38(40)48(30-14-6-4-7-15-30,31-16-8-5-9-17-31)39-28-36-34-18-10-13-21-42(34)51-45(36)29-41(39)49/h4-29H,1-3H3. The van der Waals surface area contributed by atoms with Gasteiger partial charge < -0.3 is 13.7 Å². The summed E-state index contributed by atoms with van der Waals surface area (Å²) in [5, 5.41) is 3.25. The van der Waals surface area contributed by atoms with Crippen molar-refractivity contribution in [1.29, 1.82) is 0 Å². The number of hydrogen-bond donors (Lipinski definition) is 0. The lowest BCUT2D eigenvalue weighted by Crippen LogP contribution is -2.37. The molecule has 2 aromatic heterocycles. The molecule has 250 valence electrons. The molecule has 0 saturated heterocycles. The summed E-state index contributed by atoms with van der Waals surface area (Å²) < 4.78 is 13.0. The van der Waals surface area contributed by atoms with E-state index in [1.165, 1.54) is 11.1 Å². The van der Waals surface area contributed by atoms with Gasteiger partial charge in [-0.2, -0.15) is 0 Å². The molecule has 1 aliphatic heterocycles. The maximum absolute atomic E-state index is 14.2. The van der Waals surface area contributed by atoms with Crippen LogP contribution in [0.5, 0.6) is 0 Å². The molecule has 52 heavy (non-hydrogen) atoms. The van der Waals surface area contributed by atoms with E-state index in [0.29, 0.717) is 21.9 Å². The number of nitrogens with zero attached hydrogens (tertiary/aromatic N) is 1. The van der Waals surface area contributed by atoms with E-state index in [1.54, 1.807) is 0 Å². The summed E-state index contributed by atoms with van der Waals surface area (Å²) >= 11 is 0. The predicted octanol–water partition coefficient (Wildman–Crippen LogP) is 12.3. The Hall–Kier alpha value is -6.39. The summed E-state index contributed by atoms with van der Waals surface area (Å²) in [6.07, 6.45) is 0. The molecule has 1 aliphatic rings. The first kappa shape index (κ1) is 30.4. The third-order valence-electron chi connectivity index (χ3n) is 10.9. The summed E-state index contributed by atoms with van der Waals surface area (Å²) in [4.78, 5) is 16.5. The van der Waals surface area contributed by atoms with Gasteiger partial charge in [0.15, 0.2) is 0 Å². The molecule has 0 saturated carbocycles. The highest BCUT2D eigenvalue weighted by atomic mass is 16.3. The molecule has 3 heterocycles. The van der Waals surface area contributed by atoms with E-state index < -0.39 is 5.41 Å². The summed E-state index contributed by atoms with van der Waals surface area (Å²) in [5.74, 6) is 0. The minimum atomic E-state index is -0.658. The van der Waals surface area contributed by atoms with Crippen molar-refractivity contribution in [3.63, 3.8) is 0 Å². The number of fused-ring (bicyclic) bond motifs is 7. The minimum Gasteiger partial charge on any atom is -0.456 e. The number of rotatable bonds is 3. The van der Waals surface area contributed by atoms with Gasteiger partial charge >= 0.3 is 0 Å². The molecule has 10 rings (SSSR count). The van der Waals surface area contributed by atoms with Crippen LogP contribution < -0.4 is 10.3 Å². The Kier molecular flexibility index (Phi) is 6.47. The van der Waals surface area contributed by atoms with Crippen LogP contribution in [0.25, 0.3) is 43.9 Å². The molecule has 0 amide bonds. The SMILES string of the molecule is CC(C)(C)c1ccc2c(=O)c3cc(N4c5ccccc5C(c5ccccc5)(c5ccccc5)c5cc6c(cc54)oc4ccccc46)ccc3oc2c1. The van der Waals surface area contributed by atoms with Gasteiger partial charge in [0.1, 0.15) is 22.3 Å². The zero-order valence-electron chi connectivity index (χ0n) is 29.2. The molecular formula is C48H35NO3. The fourth-order valence-corrected chi connectivity index (χ4v) is 8.40. The number of hydrogen-bond acceptors (Lipinski definition) is 4. The first-order chi connectivity index (χ1) is 25.3. The molecule has 0 atom stereocenters. The Morgan fingerprint density at radius 1 is 0.481 bits per heavy atom. The fraction of sp³-hybridized carbons (Fsp3) is 0.104. The molecule has 0 fully saturated rings. The van der Waals surface area contributed by atoms with Gasteiger partial charge in [-0.1, -0.05) is 124 Å². The second-order valence-electron chi connectivity index (χ2n) is 14.9. The Labute approximate surface area is 301 Å². The van der Waals surface area contributed by atoms with Crippen molar-refractivity contribution in [1.82, 2.24) is 0 Å². The Morgan fingerprint density at radius 3 is 1.85 bits per heavy atom. The zero-order chi connectivity index (χ0) is 35.2. The Balaban J connectivity index is 1.31. The van der Waals surface area contributed by atoms with E-state index in [1.807, 2.05) is 42.5 Å². The van der Waals surface area contributed by atoms with Crippen molar-refractivity contribution in [3.8, 4) is 0 Å². The molecule has 0 radical (unpaired) electrons. The normalized spacial score (nSPS) is 13.9. The van der Waals surface area contributed by atoms with Gasteiger partial charge in [0.2, 0.25) is 5.43 Å². The van der Waals surface area contributed by atoms with Crippen LogP contribution in [0.3, 0.4) is 0 Å². The van der Waals surface area contributed by atoms with Crippen LogP contribution in [-0.2, 0) is 10.8 Å². The molecule has 0 aliphatic carbocycles. The second kappa shape index (κ2) is 11.1. The Morgan fingerprint density at radius 2 is 1.12 bits per heavy atom. The molecule has 7 aromatic carbocycles. The number of anilines is 3. The van der Waals surface area contributed by atoms with Crippen LogP contribution in [0.1, 0.15) is 48.6 Å². The van der Waals surface area contributed by atoms with Crippen molar-refractivity contribution in [2.24, 2.45) is 0 Å². The van der Waals surface area contributed by atoms with E-state index >= 15 is 0 Å². The van der Waals surface area contributed by atoms with Gasteiger partial charge in [0, 0.05) is 22.5 Å². The number of para-hydroxylation sites is 2. The quantitative estimate of drug-likeness (QED) is 0.175. The van der Waals surface area contributed by atoms with Gasteiger partial charge in [-0.25, -0.2) is 0 Å². The third-order valence-corrected chi connectivity index (χ3v) is 10.9. The monoisotopic (exact) mass is 673 g/mol. The third kappa shape index (κ3) is 4.31. The van der Waals surface area contributed by atoms with Crippen LogP contribution in [0, 0.1) is 0 Å². The molecular weight excluding hydrogens is 639 g/mol. The van der Waals surface area contributed by atoms with Crippen molar-refractivity contribution in [3.05, 3.63) is 196 Å². The van der Waals surface area contributed by atoms with Crippen LogP contribution in [0.15, 0.2) is 171 Å². The average Bonchev–Trinajstić information content (AvgIpc) is 3.54. The molecule has 4 heteroatoms. The summed E-state index contributed by atoms with van der Waals surface area (Å²) in [6.45, 7) is 6.49. The summed E-state index contributed by atoms with van der Waals surface area (Å²) in [7, 11) is 0. The van der Waals surface area contributed by atoms with Crippen molar-refractivity contribution in [2.45, 2.75) is 31.6 Å². The van der Waals surface area contributed by atoms with Gasteiger partial charge in [-0.15, -0.1) is 0 Å². The summed E-state index contributed by atoms with van der Waals surface area (Å²) in [6, 6.07) is 54.9. The van der Waals surface area contributed by atoms with Crippen molar-refractivity contribution < 1.29 is 8.83 Å². The zero-order valence-corrected chi connectivity index (χ0v) is 29.2. The van der Waals surface area contributed by atoms with E-state index in [-0.39, 0.29) is 10.8 Å². The van der Waals surface area contributed by atoms with Gasteiger partial charge in [0.05, 0.1) is 27.6 Å². The molecule has 0 bridgehead atoms. The molecule has 9 aromatic rings. The lowest BCUT2D eigenvalue weighted by molar-refractivity contribution is 0.587. The van der Waals surface area contributed by atoms with Crippen LogP contribution in [0.2, 0.25) is 0 Å². The fourth-order valence-electron chi connectivity index (χ4n) is 8.40. The van der Waals surface area contributed by atoms with Crippen LogP contribution in [0.4, 0.5) is 17.1 Å². The summed E-state index contributed by atoms with van der Waals surface area (Å²) in [5.41, 5.74) is 10.7. The smallest absolute Gasteiger partial charge is 0.200 e. The molecule has 0 N–H and O–H groups in total. The van der Waals surface area contributed by atoms with Gasteiger partial charge in [-0.05, 0) is 81.8 Å². The molecule has 0 unspecified atom stereocenters. The number of benzene rings is 7. The van der Waals surface area contributed by atoms with Gasteiger partial charge in [-0.3, -0.25) is 4.79 Å². The largest absolute Gasteiger partial charge is 0.456 e. The van der Waals surface area contributed by atoms with Crippen molar-refractivity contribution >= 4 is 60.9 Å². The highest BCUT2D eigenvalue weighted by Crippen LogP contribution is 2.58. The Bertz CT molecular complexity index is 2870. The first-order valence-corrected chi connectivity index (χ1v) is 17.8. The van der Waals surface area contributed by atoms with Crippen LogP contribution >= 0.6 is 0 Å². The number of furan rings is 1. The highest BCUT2D eigenvalue weighted by molar-refractivity contribution is 6.08. The first-order valence-electron chi connectivity index (χ1n) is 17.8. The topological polar surface area (TPSA) is 46.6 Å². The maximum Gasteiger partial charge on any atom is 0.200 e. The van der Waals surface area contributed by atoms with E-state index in [9.17, 15) is 4.79 Å².